The molecule has 0 bridgehead atoms. The number of hydrogen-bond acceptors (Lipinski definition) is 1. The summed E-state index contributed by atoms with van der Waals surface area (Å²) in [5.74, 6) is -20.0. The van der Waals surface area contributed by atoms with Crippen LogP contribution in [0.3, 0.4) is 0 Å². The Labute approximate surface area is 151 Å². The van der Waals surface area contributed by atoms with Crippen LogP contribution >= 0.6 is 0 Å². The van der Waals surface area contributed by atoms with Crippen LogP contribution in [0.2, 0.25) is 0 Å². The fourth-order valence-corrected chi connectivity index (χ4v) is 2.71. The highest BCUT2D eigenvalue weighted by Crippen LogP contribution is 2.48. The Morgan fingerprint density at radius 1 is 0.692 bits per heavy atom. The third-order valence-electron chi connectivity index (χ3n) is 4.47. The molecule has 0 aromatic heterocycles. The van der Waals surface area contributed by atoms with Crippen LogP contribution in [-0.4, -0.2) is 28.8 Å². The van der Waals surface area contributed by atoms with Gasteiger partial charge in [0.15, 0.2) is 0 Å². The molecule has 1 N–H and O–H groups in total. The van der Waals surface area contributed by atoms with E-state index < -0.39 is 30.2 Å². The molecule has 0 aliphatic heterocycles. The molecular weight excluding hydrogens is 362 g/mol. The first kappa shape index (κ1) is 25.1. The molecule has 0 spiro atoms. The Morgan fingerprint density at radius 3 is 1.38 bits per heavy atom. The van der Waals surface area contributed by atoms with E-state index in [1.165, 1.54) is 32.1 Å². The van der Waals surface area contributed by atoms with E-state index in [9.17, 15) is 31.1 Å². The number of aliphatic carboxylic acids is 1. The zero-order valence-electron chi connectivity index (χ0n) is 15.3. The van der Waals surface area contributed by atoms with Gasteiger partial charge in [0.2, 0.25) is 0 Å². The maximum atomic E-state index is 13.4. The second kappa shape index (κ2) is 11.7. The molecule has 0 fully saturated rings. The molecule has 0 rings (SSSR count). The minimum atomic E-state index is -5.91. The molecule has 0 aromatic carbocycles. The highest BCUT2D eigenvalue weighted by molar-refractivity contribution is 5.77. The van der Waals surface area contributed by atoms with E-state index in [0.717, 1.165) is 25.7 Å². The number of carboxylic acids is 1. The summed E-state index contributed by atoms with van der Waals surface area (Å²) in [6.45, 7) is 2.15. The van der Waals surface area contributed by atoms with Crippen molar-refractivity contribution in [1.82, 2.24) is 0 Å². The minimum Gasteiger partial charge on any atom is -0.477 e. The van der Waals surface area contributed by atoms with Crippen LogP contribution in [0.4, 0.5) is 26.3 Å². The molecule has 0 aliphatic rings. The molecule has 0 atom stereocenters. The van der Waals surface area contributed by atoms with Crippen molar-refractivity contribution in [2.24, 2.45) is 0 Å². The fourth-order valence-electron chi connectivity index (χ4n) is 2.71. The van der Waals surface area contributed by atoms with Gasteiger partial charge in [-0.25, -0.2) is 4.79 Å². The average Bonchev–Trinajstić information content (AvgIpc) is 2.55. The molecule has 0 saturated heterocycles. The summed E-state index contributed by atoms with van der Waals surface area (Å²) in [4.78, 5) is 10.1. The third-order valence-corrected chi connectivity index (χ3v) is 4.47. The molecule has 26 heavy (non-hydrogen) atoms. The van der Waals surface area contributed by atoms with Crippen molar-refractivity contribution in [1.29, 1.82) is 0 Å². The van der Waals surface area contributed by atoms with E-state index in [1.807, 2.05) is 0 Å². The van der Waals surface area contributed by atoms with E-state index >= 15 is 0 Å². The van der Waals surface area contributed by atoms with Gasteiger partial charge in [0.05, 0.1) is 0 Å². The molecular formula is C18H30F6O2. The van der Waals surface area contributed by atoms with Crippen LogP contribution in [0.1, 0.15) is 90.4 Å². The summed E-state index contributed by atoms with van der Waals surface area (Å²) in [5, 5.41) is 8.05. The quantitative estimate of drug-likeness (QED) is 0.225. The van der Waals surface area contributed by atoms with Gasteiger partial charge in [-0.15, -0.1) is 0 Å². The number of carboxylic acid groups (broad SMARTS) is 1. The van der Waals surface area contributed by atoms with Crippen molar-refractivity contribution in [2.75, 3.05) is 0 Å². The van der Waals surface area contributed by atoms with E-state index in [0.29, 0.717) is 6.42 Å². The minimum absolute atomic E-state index is 0.223. The number of halogens is 6. The average molecular weight is 392 g/mol. The van der Waals surface area contributed by atoms with Crippen molar-refractivity contribution in [2.45, 2.75) is 108 Å². The molecule has 0 aromatic rings. The first-order valence-corrected chi connectivity index (χ1v) is 9.37. The largest absolute Gasteiger partial charge is 0.477 e. The van der Waals surface area contributed by atoms with Gasteiger partial charge in [-0.1, -0.05) is 77.6 Å². The Kier molecular flexibility index (Phi) is 11.3. The van der Waals surface area contributed by atoms with Gasteiger partial charge in [-0.3, -0.25) is 0 Å². The predicted octanol–water partition coefficient (Wildman–Crippen LogP) is 7.07. The molecule has 0 saturated carbocycles. The lowest BCUT2D eigenvalue weighted by Crippen LogP contribution is -2.57. The highest BCUT2D eigenvalue weighted by Gasteiger charge is 2.74. The van der Waals surface area contributed by atoms with Crippen LogP contribution in [0.25, 0.3) is 0 Å². The maximum absolute atomic E-state index is 13.4. The van der Waals surface area contributed by atoms with Crippen molar-refractivity contribution >= 4 is 5.97 Å². The summed E-state index contributed by atoms with van der Waals surface area (Å²) in [7, 11) is 0. The summed E-state index contributed by atoms with van der Waals surface area (Å²) >= 11 is 0. The number of unbranched alkanes of at least 4 members (excludes halogenated alkanes) is 11. The lowest BCUT2D eigenvalue weighted by Gasteiger charge is -2.30. The molecule has 0 radical (unpaired) electrons. The first-order chi connectivity index (χ1) is 12.0. The van der Waals surface area contributed by atoms with Gasteiger partial charge in [0.1, 0.15) is 0 Å². The summed E-state index contributed by atoms with van der Waals surface area (Å²) in [6.07, 6.45) is 8.86. The van der Waals surface area contributed by atoms with Gasteiger partial charge < -0.3 is 5.11 Å². The van der Waals surface area contributed by atoms with Crippen molar-refractivity contribution < 1.29 is 36.2 Å². The Hall–Kier alpha value is -0.950. The van der Waals surface area contributed by atoms with Crippen LogP contribution < -0.4 is 0 Å². The molecule has 156 valence electrons. The summed E-state index contributed by atoms with van der Waals surface area (Å²) < 4.78 is 78.8. The standard InChI is InChI=1S/C18H30F6O2/c1-2-3-4-5-6-7-8-9-10-11-12-13-14-16(19,20)18(23,24)17(21,22)15(25)26/h2-14H2,1H3,(H,25,26). The van der Waals surface area contributed by atoms with Crippen LogP contribution in [-0.2, 0) is 4.79 Å². The normalized spacial score (nSPS) is 13.2. The Morgan fingerprint density at radius 2 is 1.04 bits per heavy atom. The van der Waals surface area contributed by atoms with Crippen molar-refractivity contribution in [3.63, 3.8) is 0 Å². The molecule has 0 heterocycles. The van der Waals surface area contributed by atoms with Crippen LogP contribution in [0, 0.1) is 0 Å². The van der Waals surface area contributed by atoms with E-state index in [1.54, 1.807) is 0 Å². The topological polar surface area (TPSA) is 37.3 Å². The zero-order valence-corrected chi connectivity index (χ0v) is 15.3. The SMILES string of the molecule is CCCCCCCCCCCCCCC(F)(F)C(F)(F)C(F)(F)C(=O)O. The van der Waals surface area contributed by atoms with Gasteiger partial charge in [0, 0.05) is 6.42 Å². The molecule has 0 aliphatic carbocycles. The van der Waals surface area contributed by atoms with Gasteiger partial charge in [0.25, 0.3) is 0 Å². The maximum Gasteiger partial charge on any atom is 0.410 e. The number of hydrogen-bond donors (Lipinski definition) is 1. The molecule has 0 unspecified atom stereocenters. The van der Waals surface area contributed by atoms with Crippen molar-refractivity contribution in [3.8, 4) is 0 Å². The van der Waals surface area contributed by atoms with Crippen LogP contribution in [0.15, 0.2) is 0 Å². The highest BCUT2D eigenvalue weighted by atomic mass is 19.3. The fraction of sp³-hybridized carbons (Fsp3) is 0.944. The smallest absolute Gasteiger partial charge is 0.410 e. The van der Waals surface area contributed by atoms with Crippen LogP contribution in [0.5, 0.6) is 0 Å². The molecule has 2 nitrogen and oxygen atoms in total. The van der Waals surface area contributed by atoms with Gasteiger partial charge in [-0.2, -0.15) is 26.3 Å². The lowest BCUT2D eigenvalue weighted by molar-refractivity contribution is -0.305. The summed E-state index contributed by atoms with van der Waals surface area (Å²) in [5.41, 5.74) is 0. The molecule has 8 heteroatoms. The number of rotatable bonds is 16. The monoisotopic (exact) mass is 392 g/mol. The zero-order chi connectivity index (χ0) is 20.3. The van der Waals surface area contributed by atoms with Gasteiger partial charge >= 0.3 is 23.7 Å². The lowest BCUT2D eigenvalue weighted by atomic mass is 9.98. The van der Waals surface area contributed by atoms with E-state index in [2.05, 4.69) is 6.92 Å². The molecule has 0 amide bonds. The first-order valence-electron chi connectivity index (χ1n) is 9.37. The Balaban J connectivity index is 3.91. The predicted molar refractivity (Wildman–Crippen MR) is 88.2 cm³/mol. The number of alkyl halides is 6. The second-order valence-electron chi connectivity index (χ2n) is 6.80. The van der Waals surface area contributed by atoms with Gasteiger partial charge in [-0.05, 0) is 6.42 Å². The third kappa shape index (κ3) is 7.74. The number of carbonyl (C=O) groups is 1. The Bertz CT molecular complexity index is 399. The van der Waals surface area contributed by atoms with E-state index in [-0.39, 0.29) is 12.8 Å². The summed E-state index contributed by atoms with van der Waals surface area (Å²) in [6, 6.07) is 0. The van der Waals surface area contributed by atoms with E-state index in [4.69, 9.17) is 5.11 Å². The van der Waals surface area contributed by atoms with Crippen molar-refractivity contribution in [3.05, 3.63) is 0 Å². The second-order valence-corrected chi connectivity index (χ2v) is 6.80.